The van der Waals surface area contributed by atoms with Crippen molar-refractivity contribution in [3.05, 3.63) is 38.8 Å². The van der Waals surface area contributed by atoms with Gasteiger partial charge in [-0.1, -0.05) is 29.3 Å². The minimum Gasteiger partial charge on any atom is -0.345 e. The van der Waals surface area contributed by atoms with Gasteiger partial charge in [-0.2, -0.15) is 4.39 Å². The highest BCUT2D eigenvalue weighted by molar-refractivity contribution is 9.10. The first kappa shape index (κ1) is 17.4. The van der Waals surface area contributed by atoms with Crippen LogP contribution in [0.5, 0.6) is 0 Å². The third-order valence-corrected chi connectivity index (χ3v) is 6.54. The predicted molar refractivity (Wildman–Crippen MR) is 86.7 cm³/mol. The van der Waals surface area contributed by atoms with Gasteiger partial charge in [0.25, 0.3) is 9.84 Å². The van der Waals surface area contributed by atoms with Crippen LogP contribution >= 0.6 is 62.3 Å². The topological polar surface area (TPSA) is 49.9 Å². The lowest BCUT2D eigenvalue weighted by Crippen LogP contribution is -2.21. The number of benzene rings is 1. The number of aromatic nitrogens is 1. The van der Waals surface area contributed by atoms with Crippen LogP contribution < -0.4 is 0 Å². The summed E-state index contributed by atoms with van der Waals surface area (Å²) in [5, 5.41) is 0.165. The molecule has 1 N–H and O–H groups in total. The number of H-pyrrole nitrogens is 1. The molecule has 1 aromatic carbocycles. The Hall–Kier alpha value is 0.0200. The molecule has 0 amide bonds. The van der Waals surface area contributed by atoms with Crippen molar-refractivity contribution in [1.29, 1.82) is 0 Å². The minimum atomic E-state index is -4.58. The summed E-state index contributed by atoms with van der Waals surface area (Å²) in [6.07, 6.45) is 0. The van der Waals surface area contributed by atoms with E-state index in [1.807, 2.05) is 0 Å². The van der Waals surface area contributed by atoms with Crippen molar-refractivity contribution < 1.29 is 12.8 Å². The Morgan fingerprint density at radius 1 is 1.14 bits per heavy atom. The van der Waals surface area contributed by atoms with Gasteiger partial charge in [0.15, 0.2) is 0 Å². The quantitative estimate of drug-likeness (QED) is 0.614. The molecule has 0 spiro atoms. The first-order valence-corrected chi connectivity index (χ1v) is 8.98. The van der Waals surface area contributed by atoms with Crippen molar-refractivity contribution in [2.24, 2.45) is 0 Å². The Morgan fingerprint density at radius 3 is 2.29 bits per heavy atom. The third-order valence-electron chi connectivity index (χ3n) is 2.55. The van der Waals surface area contributed by atoms with Gasteiger partial charge in [-0.25, -0.2) is 8.42 Å². The second-order valence-corrected chi connectivity index (χ2v) is 9.30. The molecule has 0 fully saturated rings. The zero-order chi connectivity index (χ0) is 16.0. The molecule has 0 aliphatic heterocycles. The number of alkyl halides is 3. The highest BCUT2D eigenvalue weighted by atomic mass is 79.9. The van der Waals surface area contributed by atoms with Crippen LogP contribution in [0.1, 0.15) is 0 Å². The van der Waals surface area contributed by atoms with E-state index in [-0.39, 0.29) is 5.02 Å². The number of nitrogens with one attached hydrogen (secondary N) is 1. The number of hydrogen-bond donors (Lipinski definition) is 1. The standard InChI is InChI=1S/C11H5BrCl4FNO2S/c12-6-4-9(21(19,20)11(15,16)17)18-10(6)5-1-2-7(13)8(14)3-5/h1-4,18H. The van der Waals surface area contributed by atoms with Crippen molar-refractivity contribution in [1.82, 2.24) is 4.98 Å². The number of sulfone groups is 1. The summed E-state index contributed by atoms with van der Waals surface area (Å²) in [5.74, 6) is 0. The summed E-state index contributed by atoms with van der Waals surface area (Å²) < 4.78 is 34.0. The summed E-state index contributed by atoms with van der Waals surface area (Å²) in [4.78, 5) is 2.55. The van der Waals surface area contributed by atoms with E-state index in [4.69, 9.17) is 46.4 Å². The minimum absolute atomic E-state index is 0.287. The van der Waals surface area contributed by atoms with Crippen LogP contribution in [0.4, 0.5) is 4.39 Å². The SMILES string of the molecule is O=S(=O)(c1cc(Br)c(-c2ccc(Cl)c(Cl)c2)[nH]1)C(F)(Cl)Cl. The average molecular weight is 456 g/mol. The molecule has 21 heavy (non-hydrogen) atoms. The van der Waals surface area contributed by atoms with E-state index in [2.05, 4.69) is 20.9 Å². The number of halogens is 6. The summed E-state index contributed by atoms with van der Waals surface area (Å²) in [6.45, 7) is 0. The molecule has 3 nitrogen and oxygen atoms in total. The molecular formula is C11H5BrCl4FNO2S. The lowest BCUT2D eigenvalue weighted by atomic mass is 10.2. The fourth-order valence-corrected chi connectivity index (χ4v) is 3.80. The molecule has 0 saturated heterocycles. The van der Waals surface area contributed by atoms with E-state index >= 15 is 0 Å². The van der Waals surface area contributed by atoms with Crippen molar-refractivity contribution >= 4 is 72.2 Å². The lowest BCUT2D eigenvalue weighted by molar-refractivity contribution is 0.468. The summed E-state index contributed by atoms with van der Waals surface area (Å²) in [5.41, 5.74) is 0.913. The number of rotatable bonds is 3. The first-order chi connectivity index (χ1) is 9.54. The summed E-state index contributed by atoms with van der Waals surface area (Å²) >= 11 is 25.0. The van der Waals surface area contributed by atoms with Crippen molar-refractivity contribution in [3.8, 4) is 11.3 Å². The van der Waals surface area contributed by atoms with Gasteiger partial charge in [0.1, 0.15) is 5.03 Å². The Kier molecular flexibility index (Phi) is 4.89. The molecule has 10 heteroatoms. The van der Waals surface area contributed by atoms with Crippen molar-refractivity contribution in [3.63, 3.8) is 0 Å². The average Bonchev–Trinajstić information content (AvgIpc) is 2.74. The molecule has 0 unspecified atom stereocenters. The molecule has 0 atom stereocenters. The summed E-state index contributed by atoms with van der Waals surface area (Å²) in [6, 6.07) is 5.85. The Labute approximate surface area is 148 Å². The highest BCUT2D eigenvalue weighted by Crippen LogP contribution is 2.39. The van der Waals surface area contributed by atoms with Gasteiger partial charge in [0.05, 0.1) is 15.7 Å². The molecule has 0 aliphatic carbocycles. The van der Waals surface area contributed by atoms with Gasteiger partial charge >= 0.3 is 3.92 Å². The van der Waals surface area contributed by atoms with Crippen molar-refractivity contribution in [2.45, 2.75) is 8.95 Å². The van der Waals surface area contributed by atoms with E-state index in [0.717, 1.165) is 6.07 Å². The van der Waals surface area contributed by atoms with E-state index in [1.54, 1.807) is 12.1 Å². The maximum absolute atomic E-state index is 13.4. The zero-order valence-electron chi connectivity index (χ0n) is 9.80. The maximum atomic E-state index is 13.4. The molecule has 0 bridgehead atoms. The van der Waals surface area contributed by atoms with Crippen LogP contribution in [0.15, 0.2) is 33.8 Å². The van der Waals surface area contributed by atoms with Gasteiger partial charge in [-0.05, 0) is 57.3 Å². The predicted octanol–water partition coefficient (Wildman–Crippen LogP) is 5.58. The smallest absolute Gasteiger partial charge is 0.345 e. The van der Waals surface area contributed by atoms with Gasteiger partial charge in [0.2, 0.25) is 0 Å². The van der Waals surface area contributed by atoms with Gasteiger partial charge in [-0.3, -0.25) is 0 Å². The second-order valence-electron chi connectivity index (χ2n) is 3.93. The van der Waals surface area contributed by atoms with Crippen LogP contribution in [0, 0.1) is 0 Å². The summed E-state index contributed by atoms with van der Waals surface area (Å²) in [7, 11) is -4.58. The van der Waals surface area contributed by atoms with E-state index < -0.39 is 18.8 Å². The fourth-order valence-electron chi connectivity index (χ4n) is 1.54. The number of aromatic amines is 1. The van der Waals surface area contributed by atoms with Crippen LogP contribution in [0.2, 0.25) is 10.0 Å². The Bertz CT molecular complexity index is 801. The monoisotopic (exact) mass is 453 g/mol. The van der Waals surface area contributed by atoms with Crippen LogP contribution in [0.3, 0.4) is 0 Å². The van der Waals surface area contributed by atoms with Crippen LogP contribution in [0.25, 0.3) is 11.3 Å². The largest absolute Gasteiger partial charge is 0.363 e. The maximum Gasteiger partial charge on any atom is 0.363 e. The lowest BCUT2D eigenvalue weighted by Gasteiger charge is -2.08. The normalized spacial score (nSPS) is 12.7. The van der Waals surface area contributed by atoms with Gasteiger partial charge in [0, 0.05) is 10.0 Å². The second kappa shape index (κ2) is 5.91. The molecule has 0 saturated carbocycles. The van der Waals surface area contributed by atoms with Gasteiger partial charge < -0.3 is 4.98 Å². The van der Waals surface area contributed by atoms with E-state index in [9.17, 15) is 12.8 Å². The Morgan fingerprint density at radius 2 is 1.76 bits per heavy atom. The van der Waals surface area contributed by atoms with E-state index in [1.165, 1.54) is 6.07 Å². The van der Waals surface area contributed by atoms with Gasteiger partial charge in [-0.15, -0.1) is 0 Å². The molecule has 0 aliphatic rings. The molecule has 114 valence electrons. The molecule has 1 heterocycles. The first-order valence-electron chi connectivity index (χ1n) is 5.19. The van der Waals surface area contributed by atoms with E-state index in [0.29, 0.717) is 20.8 Å². The fraction of sp³-hybridized carbons (Fsp3) is 0.0909. The third kappa shape index (κ3) is 3.35. The molecule has 2 rings (SSSR count). The molecule has 1 aromatic heterocycles. The molecule has 0 radical (unpaired) electrons. The number of hydrogen-bond acceptors (Lipinski definition) is 2. The van der Waals surface area contributed by atoms with Crippen molar-refractivity contribution in [2.75, 3.05) is 0 Å². The van der Waals surface area contributed by atoms with Crippen LogP contribution in [-0.4, -0.2) is 17.3 Å². The Balaban J connectivity index is 2.57. The molecular weight excluding hydrogens is 451 g/mol. The highest BCUT2D eigenvalue weighted by Gasteiger charge is 2.43. The van der Waals surface area contributed by atoms with Crippen LogP contribution in [-0.2, 0) is 9.84 Å². The molecule has 2 aromatic rings. The zero-order valence-corrected chi connectivity index (χ0v) is 15.2.